The maximum atomic E-state index is 13.6. The van der Waals surface area contributed by atoms with Crippen molar-refractivity contribution in [1.82, 2.24) is 34.6 Å². The van der Waals surface area contributed by atoms with Gasteiger partial charge in [0, 0.05) is 33.6 Å². The van der Waals surface area contributed by atoms with E-state index in [1.54, 1.807) is 16.7 Å². The Kier molecular flexibility index (Phi) is 11.4. The molecule has 0 spiro atoms. The van der Waals surface area contributed by atoms with E-state index in [2.05, 4.69) is 32.4 Å². The van der Waals surface area contributed by atoms with Crippen LogP contribution in [0.1, 0.15) is 36.5 Å². The van der Waals surface area contributed by atoms with Gasteiger partial charge in [0.2, 0.25) is 23.5 Å². The van der Waals surface area contributed by atoms with Gasteiger partial charge < -0.3 is 45.9 Å². The highest BCUT2D eigenvalue weighted by atomic mass is 35.5. The van der Waals surface area contributed by atoms with Gasteiger partial charge in [-0.1, -0.05) is 18.5 Å². The number of halogens is 1. The van der Waals surface area contributed by atoms with Gasteiger partial charge in [0.25, 0.3) is 0 Å². The number of nitrogens with one attached hydrogen (secondary N) is 2. The van der Waals surface area contributed by atoms with E-state index in [-0.39, 0.29) is 25.3 Å². The molecule has 3 aromatic rings. The Balaban J connectivity index is 1.61. The normalized spacial score (nSPS) is 21.5. The van der Waals surface area contributed by atoms with E-state index in [0.717, 1.165) is 16.2 Å². The van der Waals surface area contributed by atoms with Crippen molar-refractivity contribution < 1.29 is 33.4 Å². The summed E-state index contributed by atoms with van der Waals surface area (Å²) in [6.45, 7) is 0.991. The Labute approximate surface area is 302 Å². The first-order valence-electron chi connectivity index (χ1n) is 16.1. The number of anilines is 1. The molecule has 3 aromatic heterocycles. The number of ether oxygens (including phenoxy) is 2. The lowest BCUT2D eigenvalue weighted by atomic mass is 9.97. The van der Waals surface area contributed by atoms with Crippen LogP contribution in [0.2, 0.25) is 4.34 Å². The minimum atomic E-state index is -1.30. The molecule has 0 bridgehead atoms. The minimum Gasteiger partial charge on any atom is -0.456 e. The Morgan fingerprint density at radius 1 is 1.06 bits per heavy atom. The summed E-state index contributed by atoms with van der Waals surface area (Å²) in [5.74, 6) is 2.99. The number of imidazole rings is 1. The number of thiophene rings is 1. The zero-order valence-corrected chi connectivity index (χ0v) is 30.0. The molecule has 0 aromatic carbocycles. The summed E-state index contributed by atoms with van der Waals surface area (Å²) in [7, 11) is 4.24. The summed E-state index contributed by atoms with van der Waals surface area (Å²) < 4.78 is 14.2. The second-order valence-electron chi connectivity index (χ2n) is 12.2. The van der Waals surface area contributed by atoms with Crippen LogP contribution >= 0.6 is 22.9 Å². The molecule has 2 aliphatic carbocycles. The minimum absolute atomic E-state index is 0.171. The maximum Gasteiger partial charge on any atom is 0.326 e. The SMILES string of the molecule is CCCNc1nc(C#Cc2ccc(Cl)s2)nc2c1ncn2C1C(OC(=O)CN(C)C(=O)CN)C(OC(=O)CN(C)C(=O)CN)C2(C(=O)NC)CC12. The van der Waals surface area contributed by atoms with Crippen molar-refractivity contribution in [3.63, 3.8) is 0 Å². The van der Waals surface area contributed by atoms with E-state index >= 15 is 0 Å². The van der Waals surface area contributed by atoms with Crippen LogP contribution in [0.5, 0.6) is 0 Å². The van der Waals surface area contributed by atoms with Crippen molar-refractivity contribution in [3.05, 3.63) is 33.5 Å². The number of carbonyl (C=O) groups excluding carboxylic acids is 5. The van der Waals surface area contributed by atoms with Crippen LogP contribution in [-0.2, 0) is 33.4 Å². The fraction of sp³-hybridized carbons (Fsp3) is 0.500. The second-order valence-corrected chi connectivity index (χ2v) is 13.9. The molecule has 3 heterocycles. The Morgan fingerprint density at radius 3 is 2.31 bits per heavy atom. The summed E-state index contributed by atoms with van der Waals surface area (Å²) >= 11 is 7.39. The first-order valence-corrected chi connectivity index (χ1v) is 17.3. The number of rotatable bonds is 13. The van der Waals surface area contributed by atoms with Gasteiger partial charge in [-0.05, 0) is 36.8 Å². The van der Waals surface area contributed by atoms with Gasteiger partial charge >= 0.3 is 11.9 Å². The molecule has 272 valence electrons. The lowest BCUT2D eigenvalue weighted by molar-refractivity contribution is -0.176. The van der Waals surface area contributed by atoms with E-state index in [1.807, 2.05) is 6.92 Å². The van der Waals surface area contributed by atoms with Crippen LogP contribution in [0.25, 0.3) is 11.2 Å². The number of nitrogens with zero attached hydrogens (tertiary/aromatic N) is 6. The molecular weight excluding hydrogens is 704 g/mol. The molecule has 0 radical (unpaired) electrons. The number of aromatic nitrogens is 4. The number of amides is 3. The third-order valence-electron chi connectivity index (χ3n) is 8.88. The fourth-order valence-electron chi connectivity index (χ4n) is 6.34. The van der Waals surface area contributed by atoms with Crippen molar-refractivity contribution in [2.45, 2.75) is 38.0 Å². The first-order chi connectivity index (χ1) is 24.4. The number of carbonyl (C=O) groups is 5. The highest BCUT2D eigenvalue weighted by molar-refractivity contribution is 7.16. The summed E-state index contributed by atoms with van der Waals surface area (Å²) in [4.78, 5) is 81.5. The number of nitrogens with two attached hydrogens (primary N) is 2. The molecule has 0 saturated heterocycles. The summed E-state index contributed by atoms with van der Waals surface area (Å²) in [6, 6.07) is 2.70. The smallest absolute Gasteiger partial charge is 0.326 e. The molecular formula is C32H39ClN10O7S. The van der Waals surface area contributed by atoms with Crippen molar-refractivity contribution in [2.24, 2.45) is 22.8 Å². The molecule has 19 heteroatoms. The lowest BCUT2D eigenvalue weighted by Gasteiger charge is -2.31. The van der Waals surface area contributed by atoms with Gasteiger partial charge in [-0.25, -0.2) is 15.0 Å². The van der Waals surface area contributed by atoms with Crippen molar-refractivity contribution >= 4 is 69.6 Å². The first kappa shape index (κ1) is 37.4. The highest BCUT2D eigenvalue weighted by Gasteiger charge is 2.78. The molecule has 5 atom stereocenters. The Bertz CT molecular complexity index is 1910. The third kappa shape index (κ3) is 7.61. The molecule has 2 aliphatic rings. The van der Waals surface area contributed by atoms with E-state index in [4.69, 9.17) is 37.5 Å². The molecule has 5 rings (SSSR count). The summed E-state index contributed by atoms with van der Waals surface area (Å²) in [6.07, 6.45) is 0.0208. The van der Waals surface area contributed by atoms with Crippen LogP contribution in [0.4, 0.5) is 5.82 Å². The second kappa shape index (κ2) is 15.6. The molecule has 5 unspecified atom stereocenters. The van der Waals surface area contributed by atoms with Crippen molar-refractivity contribution in [2.75, 3.05) is 59.2 Å². The Hall–Kier alpha value is -4.83. The van der Waals surface area contributed by atoms with E-state index in [9.17, 15) is 24.0 Å². The highest BCUT2D eigenvalue weighted by Crippen LogP contribution is 2.69. The standard InChI is InChI=1S/C32H39ClN10O7S/c1-5-10-37-29-25-30(40-20(39-29)9-7-17-6-8-19(33)51-17)43(16-38-25)26-18-11-32(18,31(48)36-2)28(50-24(47)15-42(4)22(45)13-35)27(26)49-23(46)14-41(3)21(44)12-34/h6,8,16,18,26-28H,5,10-15,34-35H2,1-4H3,(H,36,48)(H,37,39,40). The van der Waals surface area contributed by atoms with Gasteiger partial charge in [0.1, 0.15) is 13.1 Å². The summed E-state index contributed by atoms with van der Waals surface area (Å²) in [5.41, 5.74) is 10.4. The van der Waals surface area contributed by atoms with Crippen LogP contribution in [0, 0.1) is 23.2 Å². The van der Waals surface area contributed by atoms with E-state index in [1.165, 1.54) is 38.8 Å². The number of hydrogen-bond acceptors (Lipinski definition) is 14. The monoisotopic (exact) mass is 742 g/mol. The fourth-order valence-corrected chi connectivity index (χ4v) is 7.23. The molecule has 17 nitrogen and oxygen atoms in total. The zero-order chi connectivity index (χ0) is 37.0. The Morgan fingerprint density at radius 2 is 1.73 bits per heavy atom. The topological polar surface area (TPSA) is 230 Å². The van der Waals surface area contributed by atoms with Crippen molar-refractivity contribution in [3.8, 4) is 11.8 Å². The van der Waals surface area contributed by atoms with Crippen LogP contribution in [0.15, 0.2) is 18.5 Å². The van der Waals surface area contributed by atoms with Gasteiger partial charge in [0.15, 0.2) is 29.2 Å². The van der Waals surface area contributed by atoms with Gasteiger partial charge in [-0.3, -0.25) is 24.0 Å². The maximum absolute atomic E-state index is 13.6. The van der Waals surface area contributed by atoms with Crippen LogP contribution in [0.3, 0.4) is 0 Å². The molecule has 3 amide bonds. The average molecular weight is 743 g/mol. The number of fused-ring (bicyclic) bond motifs is 2. The zero-order valence-electron chi connectivity index (χ0n) is 28.5. The van der Waals surface area contributed by atoms with Crippen molar-refractivity contribution in [1.29, 1.82) is 0 Å². The lowest BCUT2D eigenvalue weighted by Crippen LogP contribution is -2.48. The predicted molar refractivity (Wildman–Crippen MR) is 186 cm³/mol. The van der Waals surface area contributed by atoms with E-state index < -0.39 is 72.3 Å². The van der Waals surface area contributed by atoms with Gasteiger partial charge in [0.05, 0.1) is 40.1 Å². The van der Waals surface area contributed by atoms with Crippen LogP contribution in [-0.4, -0.2) is 125 Å². The van der Waals surface area contributed by atoms with Gasteiger partial charge in [-0.2, -0.15) is 0 Å². The van der Waals surface area contributed by atoms with Crippen LogP contribution < -0.4 is 22.1 Å². The number of esters is 2. The van der Waals surface area contributed by atoms with Gasteiger partial charge in [-0.15, -0.1) is 11.3 Å². The number of hydrogen-bond donors (Lipinski definition) is 4. The average Bonchev–Trinajstić information content (AvgIpc) is 3.33. The quantitative estimate of drug-likeness (QED) is 0.131. The molecule has 51 heavy (non-hydrogen) atoms. The third-order valence-corrected chi connectivity index (χ3v) is 10.0. The molecule has 2 saturated carbocycles. The molecule has 6 N–H and O–H groups in total. The molecule has 2 fully saturated rings. The number of likely N-dealkylation sites (N-methyl/N-ethyl adjacent to an activating group) is 2. The largest absolute Gasteiger partial charge is 0.456 e. The predicted octanol–water partition coefficient (Wildman–Crippen LogP) is -0.272. The van der Waals surface area contributed by atoms with E-state index in [0.29, 0.717) is 32.7 Å². The molecule has 0 aliphatic heterocycles. The summed E-state index contributed by atoms with van der Waals surface area (Å²) in [5, 5.41) is 5.93.